The largest absolute Gasteiger partial charge is 0.280 e. The Kier molecular flexibility index (Phi) is 5.48. The molecule has 3 rings (SSSR count). The number of benzene rings is 2. The van der Waals surface area contributed by atoms with Crippen molar-refractivity contribution in [2.24, 2.45) is 0 Å². The molecule has 1 aromatic heterocycles. The molecule has 0 aliphatic heterocycles. The summed E-state index contributed by atoms with van der Waals surface area (Å²) >= 11 is 6.96. The lowest BCUT2D eigenvalue weighted by Gasteiger charge is -2.13. The van der Waals surface area contributed by atoms with E-state index in [4.69, 9.17) is 11.6 Å². The Labute approximate surface area is 166 Å². The molecule has 0 saturated heterocycles. The first-order valence-corrected chi connectivity index (χ1v) is 11.9. The summed E-state index contributed by atoms with van der Waals surface area (Å²) in [5.41, 5.74) is 0.940. The van der Waals surface area contributed by atoms with E-state index in [0.717, 1.165) is 11.3 Å². The number of hydrogen-bond acceptors (Lipinski definition) is 5. The molecule has 0 aliphatic rings. The van der Waals surface area contributed by atoms with Crippen molar-refractivity contribution in [2.75, 3.05) is 9.44 Å². The second-order valence-electron chi connectivity index (χ2n) is 5.63. The van der Waals surface area contributed by atoms with Crippen molar-refractivity contribution in [1.82, 2.24) is 0 Å². The highest BCUT2D eigenvalue weighted by molar-refractivity contribution is 7.94. The van der Waals surface area contributed by atoms with E-state index in [0.29, 0.717) is 16.3 Å². The van der Waals surface area contributed by atoms with Gasteiger partial charge < -0.3 is 0 Å². The third kappa shape index (κ3) is 4.62. The molecule has 0 radical (unpaired) electrons. The Bertz CT molecular complexity index is 1170. The highest BCUT2D eigenvalue weighted by Crippen LogP contribution is 2.26. The van der Waals surface area contributed by atoms with E-state index in [-0.39, 0.29) is 14.8 Å². The van der Waals surface area contributed by atoms with Crippen LogP contribution in [0.25, 0.3) is 0 Å². The number of hydrogen-bond donors (Lipinski definition) is 2. The standard InChI is InChI=1S/C17H15ClN2O4S3/c1-12-7-8-15(20-27(23,24)17-6-3-9-25-17)11-16(12)26(21,22)19-14-5-2-4-13(18)10-14/h2-11,19-20H,1H3. The smallest absolute Gasteiger partial charge is 0.271 e. The first kappa shape index (κ1) is 19.7. The fourth-order valence-corrected chi connectivity index (χ4v) is 5.89. The van der Waals surface area contributed by atoms with Gasteiger partial charge in [0.1, 0.15) is 4.21 Å². The molecule has 1 heterocycles. The van der Waals surface area contributed by atoms with E-state index in [1.807, 2.05) is 0 Å². The molecule has 2 N–H and O–H groups in total. The summed E-state index contributed by atoms with van der Waals surface area (Å²) in [5.74, 6) is 0. The average Bonchev–Trinajstić information content (AvgIpc) is 3.11. The van der Waals surface area contributed by atoms with Crippen LogP contribution in [0.15, 0.2) is 69.1 Å². The number of sulfonamides is 2. The zero-order valence-corrected chi connectivity index (χ0v) is 17.2. The molecule has 3 aromatic rings. The van der Waals surface area contributed by atoms with Gasteiger partial charge in [-0.2, -0.15) is 0 Å². The molecular weight excluding hydrogens is 428 g/mol. The highest BCUT2D eigenvalue weighted by atomic mass is 35.5. The fourth-order valence-electron chi connectivity index (χ4n) is 2.34. The van der Waals surface area contributed by atoms with E-state index in [1.165, 1.54) is 24.3 Å². The van der Waals surface area contributed by atoms with Gasteiger partial charge in [-0.3, -0.25) is 9.44 Å². The Morgan fingerprint density at radius 2 is 1.56 bits per heavy atom. The summed E-state index contributed by atoms with van der Waals surface area (Å²) in [7, 11) is -7.71. The first-order valence-electron chi connectivity index (χ1n) is 7.63. The van der Waals surface area contributed by atoms with Gasteiger partial charge in [0.2, 0.25) is 0 Å². The Morgan fingerprint density at radius 3 is 2.22 bits per heavy atom. The number of anilines is 2. The average molecular weight is 443 g/mol. The van der Waals surface area contributed by atoms with Gasteiger partial charge in [-0.05, 0) is 54.3 Å². The van der Waals surface area contributed by atoms with Crippen LogP contribution in [0, 0.1) is 6.92 Å². The second-order valence-corrected chi connectivity index (χ2v) is 10.6. The number of nitrogens with one attached hydrogen (secondary N) is 2. The molecule has 0 unspecified atom stereocenters. The van der Waals surface area contributed by atoms with Crippen molar-refractivity contribution in [3.05, 3.63) is 70.6 Å². The van der Waals surface area contributed by atoms with Crippen molar-refractivity contribution in [3.63, 3.8) is 0 Å². The second kappa shape index (κ2) is 7.51. The predicted octanol–water partition coefficient (Wildman–Crippen LogP) is 4.31. The zero-order valence-electron chi connectivity index (χ0n) is 14.0. The van der Waals surface area contributed by atoms with Crippen LogP contribution in [0.5, 0.6) is 0 Å². The maximum absolute atomic E-state index is 12.8. The molecule has 142 valence electrons. The number of aryl methyl sites for hydroxylation is 1. The van der Waals surface area contributed by atoms with E-state index in [2.05, 4.69) is 9.44 Å². The first-order chi connectivity index (χ1) is 12.7. The highest BCUT2D eigenvalue weighted by Gasteiger charge is 2.20. The van der Waals surface area contributed by atoms with Crippen LogP contribution in [0.3, 0.4) is 0 Å². The molecule has 0 saturated carbocycles. The van der Waals surface area contributed by atoms with Gasteiger partial charge in [0, 0.05) is 5.02 Å². The lowest BCUT2D eigenvalue weighted by Crippen LogP contribution is -2.16. The van der Waals surface area contributed by atoms with Gasteiger partial charge in [0.05, 0.1) is 16.3 Å². The van der Waals surface area contributed by atoms with Crippen LogP contribution >= 0.6 is 22.9 Å². The molecule has 0 amide bonds. The summed E-state index contributed by atoms with van der Waals surface area (Å²) in [6, 6.07) is 13.7. The predicted molar refractivity (Wildman–Crippen MR) is 109 cm³/mol. The molecule has 2 aromatic carbocycles. The fraction of sp³-hybridized carbons (Fsp3) is 0.0588. The van der Waals surface area contributed by atoms with Gasteiger partial charge in [-0.1, -0.05) is 29.8 Å². The maximum Gasteiger partial charge on any atom is 0.271 e. The van der Waals surface area contributed by atoms with Crippen LogP contribution in [0.1, 0.15) is 5.56 Å². The Morgan fingerprint density at radius 1 is 0.852 bits per heavy atom. The normalized spacial score (nSPS) is 11.9. The topological polar surface area (TPSA) is 92.3 Å². The summed E-state index contributed by atoms with van der Waals surface area (Å²) in [5, 5.41) is 2.04. The van der Waals surface area contributed by atoms with Crippen LogP contribution in [-0.4, -0.2) is 16.8 Å². The van der Waals surface area contributed by atoms with Crippen LogP contribution in [0.4, 0.5) is 11.4 Å². The maximum atomic E-state index is 12.8. The van der Waals surface area contributed by atoms with Gasteiger partial charge in [-0.25, -0.2) is 16.8 Å². The molecule has 0 fully saturated rings. The molecule has 6 nitrogen and oxygen atoms in total. The molecule has 0 atom stereocenters. The van der Waals surface area contributed by atoms with Crippen molar-refractivity contribution >= 4 is 54.4 Å². The Balaban J connectivity index is 1.93. The van der Waals surface area contributed by atoms with Gasteiger partial charge >= 0.3 is 0 Å². The minimum atomic E-state index is -3.93. The molecule has 0 bridgehead atoms. The molecule has 0 spiro atoms. The van der Waals surface area contributed by atoms with Gasteiger partial charge in [0.25, 0.3) is 20.0 Å². The minimum Gasteiger partial charge on any atom is -0.280 e. The van der Waals surface area contributed by atoms with E-state index >= 15 is 0 Å². The summed E-state index contributed by atoms with van der Waals surface area (Å²) in [4.78, 5) is -0.0335. The number of rotatable bonds is 6. The van der Waals surface area contributed by atoms with E-state index in [9.17, 15) is 16.8 Å². The van der Waals surface area contributed by atoms with E-state index in [1.54, 1.807) is 42.6 Å². The summed E-state index contributed by atoms with van der Waals surface area (Å²) in [6.07, 6.45) is 0. The SMILES string of the molecule is Cc1ccc(NS(=O)(=O)c2cccs2)cc1S(=O)(=O)Nc1cccc(Cl)c1. The van der Waals surface area contributed by atoms with Crippen molar-refractivity contribution < 1.29 is 16.8 Å². The minimum absolute atomic E-state index is 0.0335. The van der Waals surface area contributed by atoms with E-state index < -0.39 is 20.0 Å². The lowest BCUT2D eigenvalue weighted by molar-refractivity contribution is 0.599. The zero-order chi connectivity index (χ0) is 19.7. The van der Waals surface area contributed by atoms with Gasteiger partial charge in [-0.15, -0.1) is 11.3 Å². The third-order valence-corrected chi connectivity index (χ3v) is 8.10. The molecular formula is C17H15ClN2O4S3. The molecule has 10 heteroatoms. The number of thiophene rings is 1. The lowest BCUT2D eigenvalue weighted by atomic mass is 10.2. The van der Waals surface area contributed by atoms with Crippen molar-refractivity contribution in [3.8, 4) is 0 Å². The quantitative estimate of drug-likeness (QED) is 0.594. The molecule has 0 aliphatic carbocycles. The van der Waals surface area contributed by atoms with Gasteiger partial charge in [0.15, 0.2) is 0 Å². The number of halogens is 1. The molecule has 27 heavy (non-hydrogen) atoms. The summed E-state index contributed by atoms with van der Waals surface area (Å²) < 4.78 is 55.2. The monoisotopic (exact) mass is 442 g/mol. The van der Waals surface area contributed by atoms with Crippen molar-refractivity contribution in [1.29, 1.82) is 0 Å². The van der Waals surface area contributed by atoms with Crippen LogP contribution < -0.4 is 9.44 Å². The third-order valence-electron chi connectivity index (χ3n) is 3.57. The van der Waals surface area contributed by atoms with Crippen LogP contribution in [-0.2, 0) is 20.0 Å². The summed E-state index contributed by atoms with van der Waals surface area (Å²) in [6.45, 7) is 1.63. The Hall–Kier alpha value is -2.07. The van der Waals surface area contributed by atoms with Crippen molar-refractivity contribution in [2.45, 2.75) is 16.0 Å². The van der Waals surface area contributed by atoms with Crippen LogP contribution in [0.2, 0.25) is 5.02 Å².